The van der Waals surface area contributed by atoms with E-state index in [1.807, 2.05) is 18.2 Å². The van der Waals surface area contributed by atoms with E-state index in [2.05, 4.69) is 22.5 Å². The predicted molar refractivity (Wildman–Crippen MR) is 121 cm³/mol. The van der Waals surface area contributed by atoms with Gasteiger partial charge in [-0.25, -0.2) is 9.07 Å². The lowest BCUT2D eigenvalue weighted by atomic mass is 9.97. The molecule has 2 unspecified atom stereocenters. The number of nitrogens with one attached hydrogen (secondary N) is 2. The SMILES string of the molecule is O=C(c1cc2n(n1)C(C(F)(F)F)CC(c1ccc(F)cc1)N2)N1CC[NH+](Cc2ccccc2)CC1. The van der Waals surface area contributed by atoms with Gasteiger partial charge in [0.15, 0.2) is 11.7 Å². The van der Waals surface area contributed by atoms with E-state index in [4.69, 9.17) is 0 Å². The minimum atomic E-state index is -4.55. The first-order valence-corrected chi connectivity index (χ1v) is 11.6. The number of benzene rings is 2. The molecule has 0 saturated carbocycles. The summed E-state index contributed by atoms with van der Waals surface area (Å²) in [6.45, 7) is 3.40. The molecule has 0 spiro atoms. The molecule has 2 aliphatic heterocycles. The molecule has 2 N–H and O–H groups in total. The zero-order chi connectivity index (χ0) is 24.6. The number of aromatic nitrogens is 2. The van der Waals surface area contributed by atoms with Crippen LogP contribution in [0.25, 0.3) is 0 Å². The molecular weight excluding hydrogens is 462 g/mol. The van der Waals surface area contributed by atoms with Crippen LogP contribution >= 0.6 is 0 Å². The Hall–Kier alpha value is -3.40. The van der Waals surface area contributed by atoms with Crippen molar-refractivity contribution in [1.82, 2.24) is 14.7 Å². The van der Waals surface area contributed by atoms with Gasteiger partial charge in [0.1, 0.15) is 18.2 Å². The van der Waals surface area contributed by atoms with E-state index < -0.39 is 24.1 Å². The zero-order valence-corrected chi connectivity index (χ0v) is 18.9. The van der Waals surface area contributed by atoms with Crippen LogP contribution in [0.15, 0.2) is 60.7 Å². The number of nitrogens with zero attached hydrogens (tertiary/aromatic N) is 3. The van der Waals surface area contributed by atoms with E-state index in [1.165, 1.54) is 40.8 Å². The van der Waals surface area contributed by atoms with E-state index in [-0.39, 0.29) is 23.8 Å². The summed E-state index contributed by atoms with van der Waals surface area (Å²) in [5, 5.41) is 7.13. The van der Waals surface area contributed by atoms with Gasteiger partial charge in [0.05, 0.1) is 32.2 Å². The van der Waals surface area contributed by atoms with Gasteiger partial charge in [-0.15, -0.1) is 0 Å². The van der Waals surface area contributed by atoms with Gasteiger partial charge in [0, 0.05) is 18.1 Å². The third-order valence-electron chi connectivity index (χ3n) is 6.74. The minimum absolute atomic E-state index is 0.00647. The number of halogens is 4. The highest BCUT2D eigenvalue weighted by molar-refractivity contribution is 5.93. The van der Waals surface area contributed by atoms with Gasteiger partial charge in [-0.05, 0) is 17.7 Å². The van der Waals surface area contributed by atoms with Crippen LogP contribution in [0.3, 0.4) is 0 Å². The molecule has 184 valence electrons. The average Bonchev–Trinajstić information content (AvgIpc) is 3.28. The lowest BCUT2D eigenvalue weighted by Gasteiger charge is -2.33. The van der Waals surface area contributed by atoms with Crippen LogP contribution in [0.2, 0.25) is 0 Å². The normalized spacial score (nSPS) is 20.9. The third kappa shape index (κ3) is 5.02. The maximum Gasteiger partial charge on any atom is 0.410 e. The van der Waals surface area contributed by atoms with E-state index in [0.717, 1.165) is 24.3 Å². The van der Waals surface area contributed by atoms with Crippen molar-refractivity contribution in [2.24, 2.45) is 0 Å². The molecule has 6 nitrogen and oxygen atoms in total. The van der Waals surface area contributed by atoms with Gasteiger partial charge in [-0.1, -0.05) is 42.5 Å². The molecule has 0 aliphatic carbocycles. The lowest BCUT2D eigenvalue weighted by Crippen LogP contribution is -3.13. The highest BCUT2D eigenvalue weighted by atomic mass is 19.4. The molecule has 2 aliphatic rings. The number of amides is 1. The summed E-state index contributed by atoms with van der Waals surface area (Å²) in [7, 11) is 0. The molecule has 3 heterocycles. The molecule has 10 heteroatoms. The van der Waals surface area contributed by atoms with Crippen molar-refractivity contribution in [3.05, 3.63) is 83.3 Å². The molecule has 2 atom stereocenters. The summed E-state index contributed by atoms with van der Waals surface area (Å²) >= 11 is 0. The van der Waals surface area contributed by atoms with Gasteiger partial charge in [-0.3, -0.25) is 4.79 Å². The number of carbonyl (C=O) groups excluding carboxylic acids is 1. The van der Waals surface area contributed by atoms with Crippen molar-refractivity contribution < 1.29 is 27.3 Å². The van der Waals surface area contributed by atoms with Crippen molar-refractivity contribution in [3.63, 3.8) is 0 Å². The molecule has 1 fully saturated rings. The summed E-state index contributed by atoms with van der Waals surface area (Å²) in [6.07, 6.45) is -4.85. The number of carbonyl (C=O) groups is 1. The number of quaternary nitrogens is 1. The molecule has 3 aromatic rings. The van der Waals surface area contributed by atoms with Crippen LogP contribution in [0.1, 0.15) is 40.1 Å². The first kappa shape index (κ1) is 23.3. The minimum Gasteiger partial charge on any atom is -0.363 e. The topological polar surface area (TPSA) is 54.6 Å². The molecule has 1 aromatic heterocycles. The number of piperazine rings is 1. The first-order valence-electron chi connectivity index (χ1n) is 11.6. The van der Waals surface area contributed by atoms with Crippen LogP contribution in [0, 0.1) is 5.82 Å². The quantitative estimate of drug-likeness (QED) is 0.555. The van der Waals surface area contributed by atoms with Crippen LogP contribution in [-0.2, 0) is 6.54 Å². The Balaban J connectivity index is 1.30. The molecule has 0 bridgehead atoms. The maximum absolute atomic E-state index is 13.9. The second kappa shape index (κ2) is 9.33. The highest BCUT2D eigenvalue weighted by Gasteiger charge is 2.47. The van der Waals surface area contributed by atoms with Crippen molar-refractivity contribution in [2.75, 3.05) is 31.5 Å². The van der Waals surface area contributed by atoms with Crippen LogP contribution in [-0.4, -0.2) is 52.9 Å². The van der Waals surface area contributed by atoms with Gasteiger partial charge in [0.2, 0.25) is 0 Å². The Kier molecular flexibility index (Phi) is 6.22. The maximum atomic E-state index is 13.9. The standard InChI is InChI=1S/C25H25F4N5O/c26-19-8-6-18(7-9-19)20-14-22(25(27,28)29)34-23(30-20)15-21(31-34)24(35)33-12-10-32(11-13-33)16-17-4-2-1-3-5-17/h1-9,15,20,22,30H,10-14,16H2/p+1. The smallest absolute Gasteiger partial charge is 0.363 e. The number of rotatable bonds is 4. The summed E-state index contributed by atoms with van der Waals surface area (Å²) in [5.41, 5.74) is 1.76. The van der Waals surface area contributed by atoms with Crippen molar-refractivity contribution >= 4 is 11.7 Å². The zero-order valence-electron chi connectivity index (χ0n) is 18.9. The second-order valence-corrected chi connectivity index (χ2v) is 9.11. The Bertz CT molecular complexity index is 1170. The summed E-state index contributed by atoms with van der Waals surface area (Å²) in [5.74, 6) is -0.697. The van der Waals surface area contributed by atoms with Crippen molar-refractivity contribution in [3.8, 4) is 0 Å². The fourth-order valence-corrected chi connectivity index (χ4v) is 4.84. The molecule has 5 rings (SSSR count). The highest BCUT2D eigenvalue weighted by Crippen LogP contribution is 2.43. The monoisotopic (exact) mass is 488 g/mol. The summed E-state index contributed by atoms with van der Waals surface area (Å²) < 4.78 is 55.9. The Labute approximate surface area is 200 Å². The molecule has 0 radical (unpaired) electrons. The van der Waals surface area contributed by atoms with Crippen LogP contribution in [0.5, 0.6) is 0 Å². The fourth-order valence-electron chi connectivity index (χ4n) is 4.84. The van der Waals surface area contributed by atoms with Gasteiger partial charge >= 0.3 is 6.18 Å². The van der Waals surface area contributed by atoms with Crippen LogP contribution < -0.4 is 10.2 Å². The van der Waals surface area contributed by atoms with E-state index >= 15 is 0 Å². The molecule has 1 saturated heterocycles. The molecular formula is C25H26F4N5O+. The Morgan fingerprint density at radius 1 is 1.06 bits per heavy atom. The molecule has 35 heavy (non-hydrogen) atoms. The summed E-state index contributed by atoms with van der Waals surface area (Å²) in [6, 6.07) is 14.3. The number of hydrogen-bond donors (Lipinski definition) is 2. The molecule has 1 amide bonds. The van der Waals surface area contributed by atoms with E-state index in [0.29, 0.717) is 18.7 Å². The fraction of sp³-hybridized carbons (Fsp3) is 0.360. The molecule has 2 aromatic carbocycles. The summed E-state index contributed by atoms with van der Waals surface area (Å²) in [4.78, 5) is 16.1. The Morgan fingerprint density at radius 3 is 2.40 bits per heavy atom. The average molecular weight is 489 g/mol. The Morgan fingerprint density at radius 2 is 1.74 bits per heavy atom. The van der Waals surface area contributed by atoms with Gasteiger partial charge in [0.25, 0.3) is 5.91 Å². The van der Waals surface area contributed by atoms with Gasteiger partial charge in [-0.2, -0.15) is 18.3 Å². The number of alkyl halides is 3. The van der Waals surface area contributed by atoms with Crippen molar-refractivity contribution in [1.29, 1.82) is 0 Å². The predicted octanol–water partition coefficient (Wildman–Crippen LogP) is 3.22. The van der Waals surface area contributed by atoms with E-state index in [1.54, 1.807) is 4.90 Å². The first-order chi connectivity index (χ1) is 16.8. The third-order valence-corrected chi connectivity index (χ3v) is 6.74. The number of hydrogen-bond acceptors (Lipinski definition) is 3. The van der Waals surface area contributed by atoms with Crippen molar-refractivity contribution in [2.45, 2.75) is 31.2 Å². The van der Waals surface area contributed by atoms with Crippen LogP contribution in [0.4, 0.5) is 23.4 Å². The second-order valence-electron chi connectivity index (χ2n) is 9.11. The lowest BCUT2D eigenvalue weighted by molar-refractivity contribution is -0.917. The largest absolute Gasteiger partial charge is 0.410 e. The number of anilines is 1. The van der Waals surface area contributed by atoms with Gasteiger partial charge < -0.3 is 15.1 Å². The number of fused-ring (bicyclic) bond motifs is 1. The van der Waals surface area contributed by atoms with E-state index in [9.17, 15) is 22.4 Å².